The summed E-state index contributed by atoms with van der Waals surface area (Å²) in [5.41, 5.74) is 1.62. The third kappa shape index (κ3) is 4.73. The Morgan fingerprint density at radius 3 is 2.18 bits per heavy atom. The lowest BCUT2D eigenvalue weighted by atomic mass is 10.2. The Bertz CT molecular complexity index is 945. The average Bonchev–Trinajstić information content (AvgIpc) is 3.09. The Morgan fingerprint density at radius 1 is 1.07 bits per heavy atom. The van der Waals surface area contributed by atoms with Crippen molar-refractivity contribution in [3.63, 3.8) is 0 Å². The SMILES string of the molecule is CC(=O)N(/N=C/c1ccc(Cl)cc1)C1=NN(C(C)=O)C(c2ccc(Cl)cc2)S1. The lowest BCUT2D eigenvalue weighted by molar-refractivity contribution is -0.130. The van der Waals surface area contributed by atoms with Gasteiger partial charge in [0.25, 0.3) is 0 Å². The zero-order valence-corrected chi connectivity index (χ0v) is 17.4. The molecule has 144 valence electrons. The van der Waals surface area contributed by atoms with Gasteiger partial charge in [-0.05, 0) is 35.4 Å². The molecule has 0 fully saturated rings. The van der Waals surface area contributed by atoms with E-state index in [2.05, 4.69) is 10.2 Å². The fraction of sp³-hybridized carbons (Fsp3) is 0.158. The third-order valence-corrected chi connectivity index (χ3v) is 5.45. The maximum absolute atomic E-state index is 12.1. The molecule has 0 N–H and O–H groups in total. The van der Waals surface area contributed by atoms with Gasteiger partial charge in [-0.25, -0.2) is 5.01 Å². The maximum Gasteiger partial charge on any atom is 0.246 e. The van der Waals surface area contributed by atoms with Crippen molar-refractivity contribution in [3.8, 4) is 0 Å². The molecule has 0 aromatic heterocycles. The van der Waals surface area contributed by atoms with E-state index < -0.39 is 5.37 Å². The number of hydrogen-bond acceptors (Lipinski definition) is 5. The van der Waals surface area contributed by atoms with Crippen LogP contribution in [0.25, 0.3) is 0 Å². The van der Waals surface area contributed by atoms with Gasteiger partial charge in [0.1, 0.15) is 5.37 Å². The van der Waals surface area contributed by atoms with Crippen LogP contribution in [0.2, 0.25) is 10.0 Å². The molecular weight excluding hydrogens is 419 g/mol. The summed E-state index contributed by atoms with van der Waals surface area (Å²) in [5, 5.41) is 12.2. The lowest BCUT2D eigenvalue weighted by Gasteiger charge is -2.19. The van der Waals surface area contributed by atoms with E-state index in [9.17, 15) is 9.59 Å². The molecule has 0 bridgehead atoms. The molecule has 2 aromatic rings. The molecule has 1 heterocycles. The quantitative estimate of drug-likeness (QED) is 0.517. The molecule has 0 saturated heterocycles. The second-order valence-corrected chi connectivity index (χ2v) is 7.82. The van der Waals surface area contributed by atoms with Crippen molar-refractivity contribution in [2.24, 2.45) is 10.2 Å². The number of hydrazone groups is 2. The first kappa shape index (κ1) is 20.4. The van der Waals surface area contributed by atoms with E-state index in [0.717, 1.165) is 11.1 Å². The van der Waals surface area contributed by atoms with Crippen LogP contribution >= 0.6 is 35.0 Å². The fourth-order valence-corrected chi connectivity index (χ4v) is 3.87. The summed E-state index contributed by atoms with van der Waals surface area (Å²) in [5.74, 6) is -0.565. The van der Waals surface area contributed by atoms with Crippen LogP contribution < -0.4 is 0 Å². The summed E-state index contributed by atoms with van der Waals surface area (Å²) in [6, 6.07) is 14.2. The molecule has 0 spiro atoms. The van der Waals surface area contributed by atoms with Gasteiger partial charge in [0.05, 0.1) is 6.21 Å². The zero-order chi connectivity index (χ0) is 20.3. The standard InChI is InChI=1S/C19H16Cl2N4O2S/c1-12(26)24-18(15-5-9-17(21)10-6-15)28-19(23-24)25(13(2)27)22-11-14-3-7-16(20)8-4-14/h3-11,18H,1-2H3/b22-11+. The highest BCUT2D eigenvalue weighted by atomic mass is 35.5. The van der Waals surface area contributed by atoms with E-state index in [1.165, 1.54) is 41.8 Å². The minimum atomic E-state index is -0.405. The molecule has 0 saturated carbocycles. The highest BCUT2D eigenvalue weighted by Crippen LogP contribution is 2.40. The van der Waals surface area contributed by atoms with Gasteiger partial charge in [0.15, 0.2) is 0 Å². The van der Waals surface area contributed by atoms with Crippen LogP contribution in [0.15, 0.2) is 58.7 Å². The molecule has 3 rings (SSSR count). The first-order valence-electron chi connectivity index (χ1n) is 8.26. The topological polar surface area (TPSA) is 65.3 Å². The number of nitrogens with zero attached hydrogens (tertiary/aromatic N) is 4. The van der Waals surface area contributed by atoms with E-state index in [1.54, 1.807) is 36.4 Å². The number of hydrogen-bond donors (Lipinski definition) is 0. The molecule has 1 aliphatic rings. The van der Waals surface area contributed by atoms with Gasteiger partial charge in [-0.3, -0.25) is 9.59 Å². The van der Waals surface area contributed by atoms with E-state index in [0.29, 0.717) is 15.2 Å². The fourth-order valence-electron chi connectivity index (χ4n) is 2.42. The summed E-state index contributed by atoms with van der Waals surface area (Å²) in [6.07, 6.45) is 1.54. The minimum Gasteiger partial charge on any atom is -0.273 e. The Balaban J connectivity index is 1.87. The number of carbonyl (C=O) groups excluding carboxylic acids is 2. The Morgan fingerprint density at radius 2 is 1.64 bits per heavy atom. The molecule has 0 aliphatic carbocycles. The molecule has 1 aliphatic heterocycles. The van der Waals surface area contributed by atoms with Gasteiger partial charge < -0.3 is 0 Å². The van der Waals surface area contributed by atoms with Gasteiger partial charge in [-0.2, -0.15) is 10.1 Å². The van der Waals surface area contributed by atoms with Crippen molar-refractivity contribution in [1.29, 1.82) is 0 Å². The summed E-state index contributed by atoms with van der Waals surface area (Å²) in [6.45, 7) is 2.81. The van der Waals surface area contributed by atoms with Crippen LogP contribution in [0.1, 0.15) is 30.3 Å². The number of thioether (sulfide) groups is 1. The van der Waals surface area contributed by atoms with Crippen LogP contribution in [0.4, 0.5) is 0 Å². The molecule has 28 heavy (non-hydrogen) atoms. The van der Waals surface area contributed by atoms with E-state index in [1.807, 2.05) is 12.1 Å². The monoisotopic (exact) mass is 434 g/mol. The van der Waals surface area contributed by atoms with E-state index in [4.69, 9.17) is 23.2 Å². The molecule has 0 radical (unpaired) electrons. The number of halogens is 2. The van der Waals surface area contributed by atoms with Crippen LogP contribution in [0.3, 0.4) is 0 Å². The van der Waals surface area contributed by atoms with Gasteiger partial charge in [0.2, 0.25) is 17.0 Å². The number of amidine groups is 1. The largest absolute Gasteiger partial charge is 0.273 e. The van der Waals surface area contributed by atoms with Crippen LogP contribution in [0.5, 0.6) is 0 Å². The predicted molar refractivity (Wildman–Crippen MR) is 113 cm³/mol. The van der Waals surface area contributed by atoms with Crippen LogP contribution in [-0.4, -0.2) is 33.2 Å². The first-order chi connectivity index (χ1) is 13.3. The van der Waals surface area contributed by atoms with E-state index >= 15 is 0 Å². The number of amides is 2. The van der Waals surface area contributed by atoms with Crippen molar-refractivity contribution in [2.75, 3.05) is 0 Å². The van der Waals surface area contributed by atoms with Crippen molar-refractivity contribution in [1.82, 2.24) is 10.0 Å². The van der Waals surface area contributed by atoms with E-state index in [-0.39, 0.29) is 11.8 Å². The number of benzene rings is 2. The highest BCUT2D eigenvalue weighted by Gasteiger charge is 2.35. The number of rotatable bonds is 3. The zero-order valence-electron chi connectivity index (χ0n) is 15.0. The van der Waals surface area contributed by atoms with Crippen molar-refractivity contribution in [3.05, 3.63) is 69.7 Å². The Hall–Kier alpha value is -2.35. The van der Waals surface area contributed by atoms with Crippen molar-refractivity contribution >= 4 is 58.2 Å². The molecule has 1 atom stereocenters. The first-order valence-corrected chi connectivity index (χ1v) is 9.89. The predicted octanol–water partition coefficient (Wildman–Crippen LogP) is 4.74. The maximum atomic E-state index is 12.1. The molecule has 6 nitrogen and oxygen atoms in total. The summed E-state index contributed by atoms with van der Waals surface area (Å²) < 4.78 is 0. The second-order valence-electron chi connectivity index (χ2n) is 5.89. The molecule has 2 amide bonds. The second kappa shape index (κ2) is 8.77. The smallest absolute Gasteiger partial charge is 0.246 e. The molecular formula is C19H16Cl2N4O2S. The van der Waals surface area contributed by atoms with Gasteiger partial charge >= 0.3 is 0 Å². The summed E-state index contributed by atoms with van der Waals surface area (Å²) in [7, 11) is 0. The number of carbonyl (C=O) groups is 2. The lowest BCUT2D eigenvalue weighted by Crippen LogP contribution is -2.27. The highest BCUT2D eigenvalue weighted by molar-refractivity contribution is 8.14. The van der Waals surface area contributed by atoms with Crippen molar-refractivity contribution in [2.45, 2.75) is 19.2 Å². The van der Waals surface area contributed by atoms with Crippen molar-refractivity contribution < 1.29 is 9.59 Å². The summed E-state index contributed by atoms with van der Waals surface area (Å²) >= 11 is 13.1. The molecule has 2 aromatic carbocycles. The van der Waals surface area contributed by atoms with Crippen LogP contribution in [-0.2, 0) is 9.59 Å². The molecule has 9 heteroatoms. The average molecular weight is 435 g/mol. The summed E-state index contributed by atoms with van der Waals surface area (Å²) in [4.78, 5) is 24.2. The normalized spacial score (nSPS) is 16.4. The third-order valence-electron chi connectivity index (χ3n) is 3.78. The van der Waals surface area contributed by atoms with Gasteiger partial charge in [0, 0.05) is 23.9 Å². The Labute approximate surface area is 176 Å². The van der Waals surface area contributed by atoms with Crippen LogP contribution in [0, 0.1) is 0 Å². The molecule has 1 unspecified atom stereocenters. The van der Waals surface area contributed by atoms with Gasteiger partial charge in [-0.1, -0.05) is 59.2 Å². The minimum absolute atomic E-state index is 0.243. The van der Waals surface area contributed by atoms with Gasteiger partial charge in [-0.15, -0.1) is 5.10 Å². The Kier molecular flexibility index (Phi) is 6.39.